The molecule has 0 radical (unpaired) electrons. The highest BCUT2D eigenvalue weighted by molar-refractivity contribution is 5.42. The summed E-state index contributed by atoms with van der Waals surface area (Å²) in [6.07, 6.45) is 7.02. The second kappa shape index (κ2) is 7.10. The van der Waals surface area contributed by atoms with E-state index < -0.39 is 0 Å². The summed E-state index contributed by atoms with van der Waals surface area (Å²) in [6, 6.07) is 15.9. The van der Waals surface area contributed by atoms with E-state index in [-0.39, 0.29) is 0 Å². The van der Waals surface area contributed by atoms with Gasteiger partial charge in [0, 0.05) is 51.2 Å². The molecule has 3 aliphatic heterocycles. The van der Waals surface area contributed by atoms with Gasteiger partial charge in [0.2, 0.25) is 0 Å². The van der Waals surface area contributed by atoms with Crippen molar-refractivity contribution in [2.45, 2.75) is 38.9 Å². The summed E-state index contributed by atoms with van der Waals surface area (Å²) in [6.45, 7) is 7.78. The normalized spacial score (nSPS) is 23.7. The van der Waals surface area contributed by atoms with Crippen LogP contribution in [0.4, 0.5) is 0 Å². The van der Waals surface area contributed by atoms with Gasteiger partial charge in [0.15, 0.2) is 0 Å². The van der Waals surface area contributed by atoms with Crippen molar-refractivity contribution in [1.29, 1.82) is 0 Å². The summed E-state index contributed by atoms with van der Waals surface area (Å²) in [5.74, 6) is 0.784. The number of rotatable bonds is 4. The smallest absolute Gasteiger partial charge is 0.137 e. The Kier molecular flexibility index (Phi) is 4.46. The van der Waals surface area contributed by atoms with Gasteiger partial charge in [-0.2, -0.15) is 0 Å². The van der Waals surface area contributed by atoms with Gasteiger partial charge >= 0.3 is 0 Å². The first-order valence-corrected chi connectivity index (χ1v) is 10.2. The lowest BCUT2D eigenvalue weighted by Gasteiger charge is -2.36. The summed E-state index contributed by atoms with van der Waals surface area (Å²) in [5.41, 5.74) is 4.96. The molecule has 4 nitrogen and oxygen atoms in total. The highest BCUT2D eigenvalue weighted by atomic mass is 15.3. The molecule has 0 spiro atoms. The zero-order valence-electron chi connectivity index (χ0n) is 16.1. The number of benzene rings is 1. The molecule has 2 atom stereocenters. The molecule has 0 saturated carbocycles. The fourth-order valence-corrected chi connectivity index (χ4v) is 4.86. The maximum atomic E-state index is 4.86. The number of imidazole rings is 1. The van der Waals surface area contributed by atoms with Crippen molar-refractivity contribution in [2.24, 2.45) is 5.92 Å². The molecular formula is C23H28N4. The second-order valence-electron chi connectivity index (χ2n) is 8.41. The van der Waals surface area contributed by atoms with Crippen molar-refractivity contribution in [2.75, 3.05) is 19.6 Å². The van der Waals surface area contributed by atoms with Gasteiger partial charge < -0.3 is 4.40 Å². The van der Waals surface area contributed by atoms with E-state index in [1.807, 2.05) is 0 Å². The Bertz CT molecular complexity index is 917. The van der Waals surface area contributed by atoms with Gasteiger partial charge in [-0.1, -0.05) is 30.3 Å². The Morgan fingerprint density at radius 2 is 1.89 bits per heavy atom. The molecule has 6 rings (SSSR count). The van der Waals surface area contributed by atoms with Crippen LogP contribution in [0.25, 0.3) is 5.65 Å². The zero-order chi connectivity index (χ0) is 18.2. The molecule has 2 bridgehead atoms. The van der Waals surface area contributed by atoms with E-state index in [1.54, 1.807) is 0 Å². The van der Waals surface area contributed by atoms with Gasteiger partial charge in [-0.15, -0.1) is 0 Å². The van der Waals surface area contributed by atoms with Gasteiger partial charge in [0.25, 0.3) is 0 Å². The minimum Gasteiger partial charge on any atom is -0.307 e. The predicted molar refractivity (Wildman–Crippen MR) is 109 cm³/mol. The largest absolute Gasteiger partial charge is 0.307 e. The van der Waals surface area contributed by atoms with Crippen LogP contribution in [-0.2, 0) is 13.1 Å². The zero-order valence-corrected chi connectivity index (χ0v) is 16.1. The summed E-state index contributed by atoms with van der Waals surface area (Å²) in [7, 11) is 0. The highest BCUT2D eigenvalue weighted by Crippen LogP contribution is 2.30. The van der Waals surface area contributed by atoms with Crippen molar-refractivity contribution in [1.82, 2.24) is 19.2 Å². The lowest BCUT2D eigenvalue weighted by atomic mass is 9.94. The molecule has 0 aliphatic carbocycles. The quantitative estimate of drug-likeness (QED) is 0.708. The van der Waals surface area contributed by atoms with E-state index in [4.69, 9.17) is 4.98 Å². The fraction of sp³-hybridized carbons (Fsp3) is 0.435. The third-order valence-electron chi connectivity index (χ3n) is 6.18. The molecular weight excluding hydrogens is 332 g/mol. The van der Waals surface area contributed by atoms with E-state index >= 15 is 0 Å². The van der Waals surface area contributed by atoms with Gasteiger partial charge in [-0.3, -0.25) is 9.80 Å². The monoisotopic (exact) mass is 360 g/mol. The van der Waals surface area contributed by atoms with E-state index in [0.717, 1.165) is 31.2 Å². The topological polar surface area (TPSA) is 23.8 Å². The number of aromatic nitrogens is 2. The summed E-state index contributed by atoms with van der Waals surface area (Å²) >= 11 is 0. The molecule has 3 saturated heterocycles. The third kappa shape index (κ3) is 3.64. The maximum absolute atomic E-state index is 4.86. The van der Waals surface area contributed by atoms with Gasteiger partial charge in [-0.25, -0.2) is 4.98 Å². The first-order chi connectivity index (χ1) is 13.2. The van der Waals surface area contributed by atoms with E-state index in [0.29, 0.717) is 6.04 Å². The van der Waals surface area contributed by atoms with E-state index in [1.165, 1.54) is 42.8 Å². The molecule has 27 heavy (non-hydrogen) atoms. The average molecular weight is 361 g/mol. The standard InChI is InChI=1S/C23H28N4/c1-18-9-10-26-16-21(24-23(26)11-18)15-25-12-20-7-8-22(17-25)27(14-20)13-19-5-3-2-4-6-19/h2-6,9-11,16,20,22H,7-8,12-15,17H2,1H3/t20-,22+/m0/s1. The Hall–Kier alpha value is -2.17. The Morgan fingerprint density at radius 1 is 1.00 bits per heavy atom. The molecule has 5 heterocycles. The van der Waals surface area contributed by atoms with Crippen molar-refractivity contribution in [3.8, 4) is 0 Å². The molecule has 4 heteroatoms. The molecule has 0 unspecified atom stereocenters. The molecule has 0 amide bonds. The number of pyridine rings is 1. The molecule has 140 valence electrons. The third-order valence-corrected chi connectivity index (χ3v) is 6.18. The van der Waals surface area contributed by atoms with Crippen LogP contribution < -0.4 is 0 Å². The van der Waals surface area contributed by atoms with Gasteiger partial charge in [0.1, 0.15) is 5.65 Å². The predicted octanol–water partition coefficient (Wildman–Crippen LogP) is 3.74. The van der Waals surface area contributed by atoms with Gasteiger partial charge in [-0.05, 0) is 48.9 Å². The van der Waals surface area contributed by atoms with Crippen molar-refractivity contribution < 1.29 is 0 Å². The second-order valence-corrected chi connectivity index (χ2v) is 8.41. The lowest BCUT2D eigenvalue weighted by molar-refractivity contribution is 0.123. The minimum absolute atomic E-state index is 0.670. The Morgan fingerprint density at radius 3 is 2.78 bits per heavy atom. The number of hydrogen-bond donors (Lipinski definition) is 0. The number of hydrogen-bond acceptors (Lipinski definition) is 3. The van der Waals surface area contributed by atoms with E-state index in [2.05, 4.69) is 76.0 Å². The van der Waals surface area contributed by atoms with Crippen LogP contribution >= 0.6 is 0 Å². The van der Waals surface area contributed by atoms with Crippen LogP contribution in [-0.4, -0.2) is 44.9 Å². The Labute approximate surface area is 161 Å². The van der Waals surface area contributed by atoms with Crippen LogP contribution in [0.3, 0.4) is 0 Å². The molecule has 2 aromatic heterocycles. The van der Waals surface area contributed by atoms with E-state index in [9.17, 15) is 0 Å². The number of nitrogens with zero attached hydrogens (tertiary/aromatic N) is 4. The maximum Gasteiger partial charge on any atom is 0.137 e. The van der Waals surface area contributed by atoms with Crippen molar-refractivity contribution in [3.05, 3.63) is 71.7 Å². The van der Waals surface area contributed by atoms with Crippen molar-refractivity contribution >= 4 is 5.65 Å². The Balaban J connectivity index is 1.30. The minimum atomic E-state index is 0.670. The molecule has 1 aromatic carbocycles. The number of fused-ring (bicyclic) bond motifs is 5. The summed E-state index contributed by atoms with van der Waals surface area (Å²) in [4.78, 5) is 10.2. The first-order valence-electron chi connectivity index (χ1n) is 10.2. The number of aryl methyl sites for hydroxylation is 1. The van der Waals surface area contributed by atoms with Crippen LogP contribution in [0.2, 0.25) is 0 Å². The number of piperidine rings is 1. The average Bonchev–Trinajstić information content (AvgIpc) is 2.85. The molecule has 3 fully saturated rings. The van der Waals surface area contributed by atoms with Crippen LogP contribution in [0, 0.1) is 12.8 Å². The molecule has 3 aromatic rings. The fourth-order valence-electron chi connectivity index (χ4n) is 4.86. The molecule has 0 N–H and O–H groups in total. The SMILES string of the molecule is Cc1ccn2cc(CN3C[C@@H]4CC[C@H](C3)N(Cc3ccccc3)C4)nc2c1. The van der Waals surface area contributed by atoms with Gasteiger partial charge in [0.05, 0.1) is 5.69 Å². The van der Waals surface area contributed by atoms with Crippen LogP contribution in [0.15, 0.2) is 54.9 Å². The summed E-state index contributed by atoms with van der Waals surface area (Å²) in [5, 5.41) is 0. The molecule has 3 aliphatic rings. The van der Waals surface area contributed by atoms with Crippen LogP contribution in [0.5, 0.6) is 0 Å². The van der Waals surface area contributed by atoms with Crippen LogP contribution in [0.1, 0.15) is 29.7 Å². The highest BCUT2D eigenvalue weighted by Gasteiger charge is 2.34. The summed E-state index contributed by atoms with van der Waals surface area (Å²) < 4.78 is 2.15. The first kappa shape index (κ1) is 17.0. The lowest BCUT2D eigenvalue weighted by Crippen LogP contribution is -2.43. The van der Waals surface area contributed by atoms with Crippen molar-refractivity contribution in [3.63, 3.8) is 0 Å².